The standard InChI is InChI=1S/C13H14N4O6/c1-6-10(17(21)22)11(16(3)15-6)12(18)14-5-8-4-9(13(19)20)7(2)23-8/h4H,5H2,1-3H3,(H,14,18)(H,19,20). The number of furan rings is 1. The average Bonchev–Trinajstić information content (AvgIpc) is 2.95. The van der Waals surface area contributed by atoms with E-state index in [1.807, 2.05) is 0 Å². The van der Waals surface area contributed by atoms with Gasteiger partial charge in [0.25, 0.3) is 5.91 Å². The highest BCUT2D eigenvalue weighted by molar-refractivity contribution is 5.96. The number of rotatable bonds is 5. The van der Waals surface area contributed by atoms with E-state index >= 15 is 0 Å². The number of nitrogens with one attached hydrogen (secondary N) is 1. The maximum atomic E-state index is 12.2. The number of hydrogen-bond donors (Lipinski definition) is 2. The summed E-state index contributed by atoms with van der Waals surface area (Å²) >= 11 is 0. The molecular formula is C13H14N4O6. The summed E-state index contributed by atoms with van der Waals surface area (Å²) < 4.78 is 6.35. The van der Waals surface area contributed by atoms with Crippen LogP contribution >= 0.6 is 0 Å². The molecule has 2 rings (SSSR count). The van der Waals surface area contributed by atoms with Gasteiger partial charge < -0.3 is 14.8 Å². The molecule has 0 aliphatic carbocycles. The molecule has 23 heavy (non-hydrogen) atoms. The molecule has 0 saturated carbocycles. The fraction of sp³-hybridized carbons (Fsp3) is 0.308. The zero-order chi connectivity index (χ0) is 17.3. The van der Waals surface area contributed by atoms with Gasteiger partial charge in [-0.25, -0.2) is 4.79 Å². The zero-order valence-corrected chi connectivity index (χ0v) is 12.6. The molecule has 10 heteroatoms. The van der Waals surface area contributed by atoms with Gasteiger partial charge in [0, 0.05) is 7.05 Å². The van der Waals surface area contributed by atoms with Crippen molar-refractivity contribution in [2.45, 2.75) is 20.4 Å². The van der Waals surface area contributed by atoms with Crippen LogP contribution in [0.1, 0.15) is 38.1 Å². The minimum atomic E-state index is -1.14. The molecule has 122 valence electrons. The predicted molar refractivity (Wildman–Crippen MR) is 76.2 cm³/mol. The van der Waals surface area contributed by atoms with Crippen molar-refractivity contribution in [3.8, 4) is 0 Å². The first-order valence-electron chi connectivity index (χ1n) is 6.51. The Hall–Kier alpha value is -3.17. The molecular weight excluding hydrogens is 308 g/mol. The fourth-order valence-electron chi connectivity index (χ4n) is 2.21. The van der Waals surface area contributed by atoms with Crippen LogP contribution in [0.5, 0.6) is 0 Å². The van der Waals surface area contributed by atoms with Crippen molar-refractivity contribution in [1.82, 2.24) is 15.1 Å². The lowest BCUT2D eigenvalue weighted by molar-refractivity contribution is -0.385. The first kappa shape index (κ1) is 16.2. The topological polar surface area (TPSA) is 140 Å². The highest BCUT2D eigenvalue weighted by Gasteiger charge is 2.29. The Kier molecular flexibility index (Phi) is 4.16. The molecule has 2 heterocycles. The second kappa shape index (κ2) is 5.91. The van der Waals surface area contributed by atoms with Gasteiger partial charge in [-0.2, -0.15) is 5.10 Å². The summed E-state index contributed by atoms with van der Waals surface area (Å²) in [6.45, 7) is 2.82. The second-order valence-corrected chi connectivity index (χ2v) is 4.83. The number of carbonyl (C=O) groups is 2. The van der Waals surface area contributed by atoms with Gasteiger partial charge >= 0.3 is 11.7 Å². The van der Waals surface area contributed by atoms with E-state index in [0.717, 1.165) is 4.68 Å². The molecule has 0 bridgehead atoms. The van der Waals surface area contributed by atoms with Crippen molar-refractivity contribution in [3.63, 3.8) is 0 Å². The highest BCUT2D eigenvalue weighted by atomic mass is 16.6. The molecule has 0 unspecified atom stereocenters. The van der Waals surface area contributed by atoms with E-state index in [2.05, 4.69) is 10.4 Å². The van der Waals surface area contributed by atoms with Crippen LogP contribution < -0.4 is 5.32 Å². The summed E-state index contributed by atoms with van der Waals surface area (Å²) in [6, 6.07) is 1.29. The van der Waals surface area contributed by atoms with Gasteiger partial charge in [-0.1, -0.05) is 0 Å². The lowest BCUT2D eigenvalue weighted by Crippen LogP contribution is -2.25. The van der Waals surface area contributed by atoms with Gasteiger partial charge in [-0.15, -0.1) is 0 Å². The van der Waals surface area contributed by atoms with Crippen LogP contribution in [0.15, 0.2) is 10.5 Å². The SMILES string of the molecule is Cc1nn(C)c(C(=O)NCc2cc(C(=O)O)c(C)o2)c1[N+](=O)[O-]. The number of aromatic carboxylic acids is 1. The van der Waals surface area contributed by atoms with Crippen LogP contribution in [-0.4, -0.2) is 31.7 Å². The summed E-state index contributed by atoms with van der Waals surface area (Å²) in [5, 5.41) is 26.3. The Morgan fingerprint density at radius 1 is 1.48 bits per heavy atom. The number of amides is 1. The third-order valence-electron chi connectivity index (χ3n) is 3.21. The van der Waals surface area contributed by atoms with Crippen LogP contribution in [0.2, 0.25) is 0 Å². The van der Waals surface area contributed by atoms with Gasteiger partial charge in [-0.05, 0) is 19.9 Å². The molecule has 0 fully saturated rings. The molecule has 0 saturated heterocycles. The number of carboxylic acid groups (broad SMARTS) is 1. The summed E-state index contributed by atoms with van der Waals surface area (Å²) in [7, 11) is 1.43. The minimum Gasteiger partial charge on any atom is -0.478 e. The lowest BCUT2D eigenvalue weighted by Gasteiger charge is -2.03. The fourth-order valence-corrected chi connectivity index (χ4v) is 2.21. The van der Waals surface area contributed by atoms with E-state index < -0.39 is 16.8 Å². The Morgan fingerprint density at radius 2 is 2.13 bits per heavy atom. The third kappa shape index (κ3) is 3.05. The van der Waals surface area contributed by atoms with Crippen LogP contribution in [0, 0.1) is 24.0 Å². The van der Waals surface area contributed by atoms with Gasteiger partial charge in [0.05, 0.1) is 11.5 Å². The smallest absolute Gasteiger partial charge is 0.339 e. The molecule has 0 spiro atoms. The Bertz CT molecular complexity index is 804. The van der Waals surface area contributed by atoms with Crippen molar-refractivity contribution in [1.29, 1.82) is 0 Å². The number of aryl methyl sites for hydroxylation is 3. The Labute approximate surface area is 129 Å². The maximum absolute atomic E-state index is 12.2. The highest BCUT2D eigenvalue weighted by Crippen LogP contribution is 2.22. The zero-order valence-electron chi connectivity index (χ0n) is 12.6. The summed E-state index contributed by atoms with van der Waals surface area (Å²) in [6.07, 6.45) is 0. The number of carboxylic acids is 1. The lowest BCUT2D eigenvalue weighted by atomic mass is 10.2. The molecule has 2 aromatic rings. The van der Waals surface area contributed by atoms with Crippen molar-refractivity contribution >= 4 is 17.6 Å². The van der Waals surface area contributed by atoms with Crippen molar-refractivity contribution in [3.05, 3.63) is 44.7 Å². The quantitative estimate of drug-likeness (QED) is 0.621. The number of carbonyl (C=O) groups excluding carboxylic acids is 1. The first-order chi connectivity index (χ1) is 10.7. The van der Waals surface area contributed by atoms with Crippen molar-refractivity contribution < 1.29 is 24.0 Å². The molecule has 10 nitrogen and oxygen atoms in total. The molecule has 0 atom stereocenters. The van der Waals surface area contributed by atoms with Crippen LogP contribution in [-0.2, 0) is 13.6 Å². The summed E-state index contributed by atoms with van der Waals surface area (Å²) in [4.78, 5) is 33.5. The largest absolute Gasteiger partial charge is 0.478 e. The van der Waals surface area contributed by atoms with Gasteiger partial charge in [0.1, 0.15) is 22.8 Å². The molecule has 0 aromatic carbocycles. The van der Waals surface area contributed by atoms with E-state index in [0.29, 0.717) is 0 Å². The molecule has 0 aliphatic rings. The number of aromatic nitrogens is 2. The summed E-state index contributed by atoms with van der Waals surface area (Å²) in [5.74, 6) is -1.40. The molecule has 1 amide bonds. The van der Waals surface area contributed by atoms with Gasteiger partial charge in [0.15, 0.2) is 0 Å². The third-order valence-corrected chi connectivity index (χ3v) is 3.21. The molecule has 2 N–H and O–H groups in total. The van der Waals surface area contributed by atoms with E-state index in [4.69, 9.17) is 9.52 Å². The predicted octanol–water partition coefficient (Wildman–Crippen LogP) is 1.17. The number of nitro groups is 1. The number of hydrogen-bond acceptors (Lipinski definition) is 6. The second-order valence-electron chi connectivity index (χ2n) is 4.83. The maximum Gasteiger partial charge on any atom is 0.339 e. The molecule has 0 radical (unpaired) electrons. The van der Waals surface area contributed by atoms with Gasteiger partial charge in [0.2, 0.25) is 5.69 Å². The van der Waals surface area contributed by atoms with E-state index in [-0.39, 0.29) is 40.7 Å². The van der Waals surface area contributed by atoms with E-state index in [9.17, 15) is 19.7 Å². The van der Waals surface area contributed by atoms with Crippen molar-refractivity contribution in [2.24, 2.45) is 7.05 Å². The average molecular weight is 322 g/mol. The van der Waals surface area contributed by atoms with Crippen LogP contribution in [0.25, 0.3) is 0 Å². The van der Waals surface area contributed by atoms with Crippen LogP contribution in [0.4, 0.5) is 5.69 Å². The molecule has 0 aliphatic heterocycles. The van der Waals surface area contributed by atoms with Gasteiger partial charge in [-0.3, -0.25) is 19.6 Å². The monoisotopic (exact) mass is 322 g/mol. The normalized spacial score (nSPS) is 10.6. The summed E-state index contributed by atoms with van der Waals surface area (Å²) in [5.41, 5.74) is -0.428. The molecule has 2 aromatic heterocycles. The van der Waals surface area contributed by atoms with Crippen LogP contribution in [0.3, 0.4) is 0 Å². The number of nitrogens with zero attached hydrogens (tertiary/aromatic N) is 3. The first-order valence-corrected chi connectivity index (χ1v) is 6.51. The Balaban J connectivity index is 2.19. The minimum absolute atomic E-state index is 0.00314. The van der Waals surface area contributed by atoms with Crippen molar-refractivity contribution in [2.75, 3.05) is 0 Å². The van der Waals surface area contributed by atoms with E-state index in [1.165, 1.54) is 27.0 Å². The Morgan fingerprint density at radius 3 is 2.65 bits per heavy atom. The van der Waals surface area contributed by atoms with E-state index in [1.54, 1.807) is 0 Å².